The first-order valence-corrected chi connectivity index (χ1v) is 9.55. The lowest BCUT2D eigenvalue weighted by Gasteiger charge is -2.10. The number of carbonyl (C=O) groups excluding carboxylic acids is 1. The Labute approximate surface area is 176 Å². The van der Waals surface area contributed by atoms with Crippen LogP contribution in [0.5, 0.6) is 0 Å². The number of aromatic nitrogens is 1. The number of esters is 1. The van der Waals surface area contributed by atoms with Crippen LogP contribution in [0.2, 0.25) is 5.02 Å². The van der Waals surface area contributed by atoms with Gasteiger partial charge in [-0.3, -0.25) is 9.56 Å². The fourth-order valence-corrected chi connectivity index (χ4v) is 4.59. The second kappa shape index (κ2) is 8.00. The molecule has 140 valence electrons. The van der Waals surface area contributed by atoms with Crippen LogP contribution in [-0.2, 0) is 11.2 Å². The van der Waals surface area contributed by atoms with Gasteiger partial charge in [0.1, 0.15) is 0 Å². The summed E-state index contributed by atoms with van der Waals surface area (Å²) >= 11 is 7.84. The van der Waals surface area contributed by atoms with Gasteiger partial charge in [0.2, 0.25) is 0 Å². The van der Waals surface area contributed by atoms with E-state index >= 15 is 0 Å². The van der Waals surface area contributed by atoms with E-state index in [2.05, 4.69) is 15.6 Å². The number of hydrogen-bond donors (Lipinski definition) is 0. The van der Waals surface area contributed by atoms with Crippen LogP contribution in [0.25, 0.3) is 16.9 Å². The highest BCUT2D eigenvalue weighted by molar-refractivity contribution is 8.93. The summed E-state index contributed by atoms with van der Waals surface area (Å²) in [6, 6.07) is 13.5. The number of fused-ring (bicyclic) bond motifs is 3. The highest BCUT2D eigenvalue weighted by Gasteiger charge is 2.25. The number of ether oxygens (including phenoxy) is 1. The predicted molar refractivity (Wildman–Crippen MR) is 115 cm³/mol. The molecule has 4 rings (SSSR count). The largest absolute Gasteiger partial charge is 0.462 e. The summed E-state index contributed by atoms with van der Waals surface area (Å²) in [5.41, 5.74) is 5.10. The van der Waals surface area contributed by atoms with Gasteiger partial charge in [-0.15, -0.1) is 28.3 Å². The second-order valence-electron chi connectivity index (χ2n) is 5.96. The summed E-state index contributed by atoms with van der Waals surface area (Å²) in [5, 5.41) is 0.754. The van der Waals surface area contributed by atoms with Gasteiger partial charge < -0.3 is 4.74 Å². The van der Waals surface area contributed by atoms with Gasteiger partial charge in [-0.2, -0.15) is 0 Å². The van der Waals surface area contributed by atoms with Crippen molar-refractivity contribution in [3.63, 3.8) is 0 Å². The van der Waals surface area contributed by atoms with Gasteiger partial charge in [0, 0.05) is 34.6 Å². The maximum Gasteiger partial charge on any atom is 0.338 e. The van der Waals surface area contributed by atoms with Crippen molar-refractivity contribution in [1.29, 1.82) is 0 Å². The van der Waals surface area contributed by atoms with Gasteiger partial charge in [0.25, 0.3) is 0 Å². The molecule has 0 unspecified atom stereocenters. The molecule has 1 heterocycles. The fourth-order valence-electron chi connectivity index (χ4n) is 3.27. The zero-order valence-corrected chi connectivity index (χ0v) is 18.1. The molecule has 1 aliphatic carbocycles. The molecule has 3 aromatic rings. The number of hydrogen-bond acceptors (Lipinski definition) is 4. The molecule has 7 heteroatoms. The summed E-state index contributed by atoms with van der Waals surface area (Å²) in [7, 11) is 1.80. The van der Waals surface area contributed by atoms with Crippen LogP contribution in [0.15, 0.2) is 47.5 Å². The Morgan fingerprint density at radius 3 is 2.67 bits per heavy atom. The van der Waals surface area contributed by atoms with Crippen LogP contribution >= 0.6 is 39.9 Å². The van der Waals surface area contributed by atoms with Crippen LogP contribution in [0.4, 0.5) is 0 Å². The van der Waals surface area contributed by atoms with Crippen molar-refractivity contribution in [2.24, 2.45) is 4.99 Å². The molecule has 1 aromatic heterocycles. The lowest BCUT2D eigenvalue weighted by Crippen LogP contribution is -2.14. The van der Waals surface area contributed by atoms with Crippen LogP contribution in [0, 0.1) is 0 Å². The second-order valence-corrected chi connectivity index (χ2v) is 7.46. The van der Waals surface area contributed by atoms with E-state index in [1.807, 2.05) is 24.3 Å². The lowest BCUT2D eigenvalue weighted by atomic mass is 10.1. The van der Waals surface area contributed by atoms with Crippen LogP contribution < -0.4 is 4.80 Å². The SMILES string of the molecule is Br.CCOC(=O)c1ccc(-n2c3c(sc2=NC)Cc2cc(Cl)ccc2-3)cc1. The Morgan fingerprint density at radius 2 is 2.00 bits per heavy atom. The van der Waals surface area contributed by atoms with E-state index < -0.39 is 0 Å². The van der Waals surface area contributed by atoms with E-state index in [-0.39, 0.29) is 23.0 Å². The zero-order valence-electron chi connectivity index (χ0n) is 14.9. The fraction of sp³-hybridized carbons (Fsp3) is 0.200. The van der Waals surface area contributed by atoms with Crippen molar-refractivity contribution >= 4 is 45.9 Å². The smallest absolute Gasteiger partial charge is 0.338 e. The topological polar surface area (TPSA) is 43.6 Å². The predicted octanol–water partition coefficient (Wildman–Crippen LogP) is 5.05. The molecule has 0 bridgehead atoms. The maximum atomic E-state index is 11.9. The standard InChI is InChI=1S/C20H17ClN2O2S.BrH/c1-3-25-19(24)12-4-7-15(8-5-12)23-18-16-9-6-14(21)10-13(16)11-17(18)26-20(23)22-2;/h4-10H,3,11H2,1-2H3;1H. The van der Waals surface area contributed by atoms with E-state index in [4.69, 9.17) is 16.3 Å². The normalized spacial score (nSPS) is 12.3. The monoisotopic (exact) mass is 464 g/mol. The Kier molecular flexibility index (Phi) is 5.89. The Balaban J connectivity index is 0.00000210. The molecule has 1 aliphatic rings. The highest BCUT2D eigenvalue weighted by atomic mass is 79.9. The van der Waals surface area contributed by atoms with Gasteiger partial charge in [0.15, 0.2) is 4.80 Å². The summed E-state index contributed by atoms with van der Waals surface area (Å²) in [6.07, 6.45) is 0.867. The first kappa shape index (κ1) is 19.9. The number of nitrogens with zero attached hydrogens (tertiary/aromatic N) is 2. The van der Waals surface area contributed by atoms with Crippen molar-refractivity contribution in [2.75, 3.05) is 13.7 Å². The van der Waals surface area contributed by atoms with Gasteiger partial charge in [-0.25, -0.2) is 4.79 Å². The third-order valence-electron chi connectivity index (χ3n) is 4.39. The molecule has 0 aliphatic heterocycles. The number of thiazole rings is 1. The minimum Gasteiger partial charge on any atom is -0.462 e. The summed E-state index contributed by atoms with van der Waals surface area (Å²) in [6.45, 7) is 2.17. The first-order chi connectivity index (χ1) is 12.6. The van der Waals surface area contributed by atoms with E-state index in [9.17, 15) is 4.79 Å². The Morgan fingerprint density at radius 1 is 1.26 bits per heavy atom. The molecule has 0 saturated heterocycles. The van der Waals surface area contributed by atoms with Crippen LogP contribution in [-0.4, -0.2) is 24.2 Å². The van der Waals surface area contributed by atoms with Crippen molar-refractivity contribution in [3.8, 4) is 16.9 Å². The zero-order chi connectivity index (χ0) is 18.3. The van der Waals surface area contributed by atoms with Crippen molar-refractivity contribution in [2.45, 2.75) is 13.3 Å². The minimum atomic E-state index is -0.306. The van der Waals surface area contributed by atoms with E-state index in [1.165, 1.54) is 16.0 Å². The number of benzene rings is 2. The molecule has 0 N–H and O–H groups in total. The van der Waals surface area contributed by atoms with Gasteiger partial charge in [-0.05, 0) is 48.9 Å². The molecule has 0 saturated carbocycles. The molecule has 0 radical (unpaired) electrons. The average Bonchev–Trinajstić information content (AvgIpc) is 3.16. The summed E-state index contributed by atoms with van der Waals surface area (Å²) < 4.78 is 7.21. The quantitative estimate of drug-likeness (QED) is 0.397. The van der Waals surface area contributed by atoms with Crippen molar-refractivity contribution in [3.05, 3.63) is 68.3 Å². The molecule has 0 spiro atoms. The Hall–Kier alpha value is -1.89. The van der Waals surface area contributed by atoms with E-state index in [0.717, 1.165) is 27.6 Å². The molecule has 2 aromatic carbocycles. The van der Waals surface area contributed by atoms with Crippen LogP contribution in [0.3, 0.4) is 0 Å². The maximum absolute atomic E-state index is 11.9. The lowest BCUT2D eigenvalue weighted by molar-refractivity contribution is 0.0526. The van der Waals surface area contributed by atoms with Gasteiger partial charge in [0.05, 0.1) is 17.9 Å². The number of carbonyl (C=O) groups is 1. The van der Waals surface area contributed by atoms with E-state index in [0.29, 0.717) is 12.2 Å². The van der Waals surface area contributed by atoms with Crippen LogP contribution in [0.1, 0.15) is 27.7 Å². The number of rotatable bonds is 3. The summed E-state index contributed by atoms with van der Waals surface area (Å²) in [4.78, 5) is 18.5. The third kappa shape index (κ3) is 3.49. The molecular formula is C20H18BrClN2O2S. The molecule has 27 heavy (non-hydrogen) atoms. The van der Waals surface area contributed by atoms with Crippen molar-refractivity contribution in [1.82, 2.24) is 4.57 Å². The average molecular weight is 466 g/mol. The van der Waals surface area contributed by atoms with Crippen molar-refractivity contribution < 1.29 is 9.53 Å². The first-order valence-electron chi connectivity index (χ1n) is 8.36. The van der Waals surface area contributed by atoms with E-state index in [1.54, 1.807) is 37.4 Å². The molecule has 0 amide bonds. The van der Waals surface area contributed by atoms with Gasteiger partial charge >= 0.3 is 5.97 Å². The molecular weight excluding hydrogens is 448 g/mol. The Bertz CT molecular complexity index is 1070. The van der Waals surface area contributed by atoms with Gasteiger partial charge in [-0.1, -0.05) is 17.7 Å². The molecule has 4 nitrogen and oxygen atoms in total. The third-order valence-corrected chi connectivity index (χ3v) is 5.76. The minimum absolute atomic E-state index is 0. The molecule has 0 atom stereocenters. The summed E-state index contributed by atoms with van der Waals surface area (Å²) in [5.74, 6) is -0.306. The highest BCUT2D eigenvalue weighted by Crippen LogP contribution is 2.40. The number of halogens is 2. The molecule has 0 fully saturated rings.